The van der Waals surface area contributed by atoms with Gasteiger partial charge < -0.3 is 9.88 Å². The highest BCUT2D eigenvalue weighted by atomic mass is 79.9. The first-order valence-corrected chi connectivity index (χ1v) is 6.42. The molecule has 1 aromatic carbocycles. The van der Waals surface area contributed by atoms with Gasteiger partial charge in [0.25, 0.3) is 0 Å². The average molecular weight is 281 g/mol. The molecule has 0 aliphatic heterocycles. The number of nitrogens with zero attached hydrogens (tertiary/aromatic N) is 1. The van der Waals surface area contributed by atoms with E-state index in [-0.39, 0.29) is 0 Å². The summed E-state index contributed by atoms with van der Waals surface area (Å²) in [5.41, 5.74) is 2.67. The molecular formula is C13H17BrN2. The van der Waals surface area contributed by atoms with Gasteiger partial charge in [0, 0.05) is 34.2 Å². The maximum absolute atomic E-state index is 3.53. The zero-order chi connectivity index (χ0) is 11.7. The summed E-state index contributed by atoms with van der Waals surface area (Å²) in [5, 5.41) is 4.64. The maximum atomic E-state index is 3.53. The molecule has 0 fully saturated rings. The monoisotopic (exact) mass is 280 g/mol. The molecule has 1 atom stereocenters. The minimum Gasteiger partial charge on any atom is -0.347 e. The molecule has 0 saturated carbocycles. The van der Waals surface area contributed by atoms with Crippen LogP contribution in [0.1, 0.15) is 25.5 Å². The zero-order valence-corrected chi connectivity index (χ0v) is 11.5. The summed E-state index contributed by atoms with van der Waals surface area (Å²) in [4.78, 5) is 0. The van der Waals surface area contributed by atoms with Gasteiger partial charge in [-0.2, -0.15) is 0 Å². The van der Waals surface area contributed by atoms with E-state index in [1.54, 1.807) is 0 Å². The van der Waals surface area contributed by atoms with Crippen molar-refractivity contribution in [3.05, 3.63) is 34.4 Å². The van der Waals surface area contributed by atoms with E-state index in [1.807, 2.05) is 7.05 Å². The molecule has 0 saturated heterocycles. The lowest BCUT2D eigenvalue weighted by Crippen LogP contribution is -2.11. The Bertz CT molecular complexity index is 502. The lowest BCUT2D eigenvalue weighted by atomic mass is 10.1. The van der Waals surface area contributed by atoms with E-state index in [9.17, 15) is 0 Å². The summed E-state index contributed by atoms with van der Waals surface area (Å²) in [5.74, 6) is 0. The Kier molecular flexibility index (Phi) is 3.36. The number of aryl methyl sites for hydroxylation is 1. The lowest BCUT2D eigenvalue weighted by molar-refractivity contribution is 0.651. The summed E-state index contributed by atoms with van der Waals surface area (Å²) in [7, 11) is 2.00. The summed E-state index contributed by atoms with van der Waals surface area (Å²) in [6.07, 6.45) is 2.25. The number of nitrogens with one attached hydrogen (secondary N) is 1. The van der Waals surface area contributed by atoms with Crippen LogP contribution in [-0.2, 0) is 6.54 Å². The molecule has 1 unspecified atom stereocenters. The first-order valence-electron chi connectivity index (χ1n) is 5.63. The molecular weight excluding hydrogens is 264 g/mol. The standard InChI is InChI=1S/C13H17BrN2/c1-4-16-8-12(9(2)15-3)11-6-5-10(14)7-13(11)16/h5-9,15H,4H2,1-3H3. The number of fused-ring (bicyclic) bond motifs is 1. The second kappa shape index (κ2) is 4.60. The van der Waals surface area contributed by atoms with Crippen LogP contribution in [-0.4, -0.2) is 11.6 Å². The third kappa shape index (κ3) is 1.89. The molecule has 0 amide bonds. The van der Waals surface area contributed by atoms with Crippen LogP contribution < -0.4 is 5.32 Å². The molecule has 1 heterocycles. The van der Waals surface area contributed by atoms with Crippen molar-refractivity contribution in [2.45, 2.75) is 26.4 Å². The van der Waals surface area contributed by atoms with Gasteiger partial charge in [0.15, 0.2) is 0 Å². The maximum Gasteiger partial charge on any atom is 0.0494 e. The van der Waals surface area contributed by atoms with Gasteiger partial charge in [-0.15, -0.1) is 0 Å². The molecule has 0 radical (unpaired) electrons. The van der Waals surface area contributed by atoms with Crippen molar-refractivity contribution in [2.24, 2.45) is 0 Å². The third-order valence-electron chi connectivity index (χ3n) is 3.12. The summed E-state index contributed by atoms with van der Waals surface area (Å²) >= 11 is 3.53. The van der Waals surface area contributed by atoms with Crippen LogP contribution in [0.4, 0.5) is 0 Å². The molecule has 0 bridgehead atoms. The Morgan fingerprint density at radius 2 is 2.19 bits per heavy atom. The van der Waals surface area contributed by atoms with Crippen LogP contribution in [0, 0.1) is 0 Å². The van der Waals surface area contributed by atoms with Gasteiger partial charge in [-0.05, 0) is 38.6 Å². The van der Waals surface area contributed by atoms with E-state index in [4.69, 9.17) is 0 Å². The number of hydrogen-bond donors (Lipinski definition) is 1. The van der Waals surface area contributed by atoms with Crippen LogP contribution in [0.25, 0.3) is 10.9 Å². The van der Waals surface area contributed by atoms with Crippen molar-refractivity contribution in [3.8, 4) is 0 Å². The van der Waals surface area contributed by atoms with Crippen LogP contribution in [0.15, 0.2) is 28.9 Å². The van der Waals surface area contributed by atoms with Crippen LogP contribution in [0.3, 0.4) is 0 Å². The fourth-order valence-electron chi connectivity index (χ4n) is 2.06. The second-order valence-electron chi connectivity index (χ2n) is 4.04. The van der Waals surface area contributed by atoms with Gasteiger partial charge in [0.1, 0.15) is 0 Å². The van der Waals surface area contributed by atoms with Gasteiger partial charge in [-0.25, -0.2) is 0 Å². The number of aromatic nitrogens is 1. The molecule has 0 aliphatic rings. The van der Waals surface area contributed by atoms with Gasteiger partial charge in [0.05, 0.1) is 0 Å². The fourth-order valence-corrected chi connectivity index (χ4v) is 2.40. The second-order valence-corrected chi connectivity index (χ2v) is 4.96. The molecule has 2 nitrogen and oxygen atoms in total. The topological polar surface area (TPSA) is 17.0 Å². The van der Waals surface area contributed by atoms with E-state index >= 15 is 0 Å². The minimum atomic E-state index is 0.386. The van der Waals surface area contributed by atoms with Crippen molar-refractivity contribution in [1.29, 1.82) is 0 Å². The number of hydrogen-bond acceptors (Lipinski definition) is 1. The SMILES string of the molecule is CCn1cc(C(C)NC)c2ccc(Br)cc21. The van der Waals surface area contributed by atoms with Gasteiger partial charge >= 0.3 is 0 Å². The summed E-state index contributed by atoms with van der Waals surface area (Å²) in [6, 6.07) is 6.87. The Morgan fingerprint density at radius 1 is 1.44 bits per heavy atom. The molecule has 86 valence electrons. The number of benzene rings is 1. The molecule has 2 aromatic rings. The van der Waals surface area contributed by atoms with Crippen molar-refractivity contribution >= 4 is 26.8 Å². The van der Waals surface area contributed by atoms with E-state index in [1.165, 1.54) is 16.5 Å². The summed E-state index contributed by atoms with van der Waals surface area (Å²) < 4.78 is 3.43. The molecule has 1 aromatic heterocycles. The lowest BCUT2D eigenvalue weighted by Gasteiger charge is -2.08. The highest BCUT2D eigenvalue weighted by Crippen LogP contribution is 2.28. The van der Waals surface area contributed by atoms with Crippen LogP contribution in [0.2, 0.25) is 0 Å². The third-order valence-corrected chi connectivity index (χ3v) is 3.61. The predicted molar refractivity (Wildman–Crippen MR) is 72.8 cm³/mol. The van der Waals surface area contributed by atoms with Gasteiger partial charge in [-0.3, -0.25) is 0 Å². The first-order chi connectivity index (χ1) is 7.67. The fraction of sp³-hybridized carbons (Fsp3) is 0.385. The quantitative estimate of drug-likeness (QED) is 0.907. The van der Waals surface area contributed by atoms with Crippen molar-refractivity contribution in [2.75, 3.05) is 7.05 Å². The highest BCUT2D eigenvalue weighted by molar-refractivity contribution is 9.10. The molecule has 0 spiro atoms. The van der Waals surface area contributed by atoms with Crippen LogP contribution >= 0.6 is 15.9 Å². The van der Waals surface area contributed by atoms with E-state index in [2.05, 4.69) is 64.1 Å². The molecule has 16 heavy (non-hydrogen) atoms. The van der Waals surface area contributed by atoms with Gasteiger partial charge in [-0.1, -0.05) is 22.0 Å². The normalized spacial score (nSPS) is 13.2. The minimum absolute atomic E-state index is 0.386. The molecule has 3 heteroatoms. The Morgan fingerprint density at radius 3 is 2.81 bits per heavy atom. The Labute approximate surface area is 105 Å². The average Bonchev–Trinajstić information content (AvgIpc) is 2.66. The largest absolute Gasteiger partial charge is 0.347 e. The van der Waals surface area contributed by atoms with Gasteiger partial charge in [0.2, 0.25) is 0 Å². The molecule has 2 rings (SSSR count). The smallest absolute Gasteiger partial charge is 0.0494 e. The predicted octanol–water partition coefficient (Wildman–Crippen LogP) is 3.70. The molecule has 0 aliphatic carbocycles. The molecule has 1 N–H and O–H groups in total. The number of halogens is 1. The van der Waals surface area contributed by atoms with E-state index < -0.39 is 0 Å². The van der Waals surface area contributed by atoms with E-state index in [0.717, 1.165) is 11.0 Å². The Hall–Kier alpha value is -0.800. The van der Waals surface area contributed by atoms with Crippen LogP contribution in [0.5, 0.6) is 0 Å². The summed E-state index contributed by atoms with van der Waals surface area (Å²) in [6.45, 7) is 5.37. The van der Waals surface area contributed by atoms with Crippen molar-refractivity contribution in [1.82, 2.24) is 9.88 Å². The number of rotatable bonds is 3. The van der Waals surface area contributed by atoms with E-state index in [0.29, 0.717) is 6.04 Å². The highest BCUT2D eigenvalue weighted by Gasteiger charge is 2.12. The Balaban J connectivity index is 2.67. The first kappa shape index (κ1) is 11.7. The van der Waals surface area contributed by atoms with Crippen molar-refractivity contribution < 1.29 is 0 Å². The van der Waals surface area contributed by atoms with Crippen molar-refractivity contribution in [3.63, 3.8) is 0 Å². The zero-order valence-electron chi connectivity index (χ0n) is 9.92.